The molecule has 3 rings (SSSR count). The first-order valence-electron chi connectivity index (χ1n) is 6.81. The van der Waals surface area contributed by atoms with Crippen LogP contribution >= 0.6 is 10.7 Å². The number of hydrogen-bond donors (Lipinski definition) is 0. The van der Waals surface area contributed by atoms with Gasteiger partial charge >= 0.3 is 0 Å². The fourth-order valence-electron chi connectivity index (χ4n) is 2.12. The maximum absolute atomic E-state index is 11.5. The van der Waals surface area contributed by atoms with Crippen LogP contribution < -0.4 is 4.74 Å². The number of benzene rings is 2. The van der Waals surface area contributed by atoms with Crippen molar-refractivity contribution >= 4 is 19.7 Å². The maximum Gasteiger partial charge on any atom is 0.261 e. The topological polar surface area (TPSA) is 43.4 Å². The molecule has 0 spiro atoms. The van der Waals surface area contributed by atoms with E-state index in [0.717, 1.165) is 11.1 Å². The minimum absolute atomic E-state index is 0.0850. The summed E-state index contributed by atoms with van der Waals surface area (Å²) in [5, 5.41) is 0. The molecule has 1 aliphatic carbocycles. The minimum Gasteiger partial charge on any atom is -0.493 e. The van der Waals surface area contributed by atoms with E-state index in [9.17, 15) is 8.42 Å². The Morgan fingerprint density at radius 2 is 1.81 bits per heavy atom. The third kappa shape index (κ3) is 3.57. The van der Waals surface area contributed by atoms with Crippen LogP contribution in [0.5, 0.6) is 5.75 Å². The first-order chi connectivity index (χ1) is 10.0. The molecule has 0 heterocycles. The van der Waals surface area contributed by atoms with Crippen LogP contribution in [0.25, 0.3) is 11.1 Å². The fraction of sp³-hybridized carbons (Fsp3) is 0.250. The molecule has 1 fully saturated rings. The van der Waals surface area contributed by atoms with Crippen molar-refractivity contribution in [2.75, 3.05) is 6.61 Å². The molecule has 3 nitrogen and oxygen atoms in total. The monoisotopic (exact) mass is 322 g/mol. The molecule has 21 heavy (non-hydrogen) atoms. The van der Waals surface area contributed by atoms with E-state index in [4.69, 9.17) is 15.4 Å². The van der Waals surface area contributed by atoms with E-state index in [1.807, 2.05) is 30.3 Å². The second-order valence-corrected chi connectivity index (χ2v) is 7.78. The van der Waals surface area contributed by atoms with Gasteiger partial charge in [0.25, 0.3) is 9.05 Å². The van der Waals surface area contributed by atoms with Crippen molar-refractivity contribution in [1.82, 2.24) is 0 Å². The Morgan fingerprint density at radius 3 is 2.43 bits per heavy atom. The zero-order chi connectivity index (χ0) is 14.9. The van der Waals surface area contributed by atoms with Gasteiger partial charge in [0, 0.05) is 16.2 Å². The van der Waals surface area contributed by atoms with E-state index in [1.165, 1.54) is 18.9 Å². The predicted molar refractivity (Wildman–Crippen MR) is 83.1 cm³/mol. The molecule has 2 aromatic rings. The van der Waals surface area contributed by atoms with Crippen LogP contribution in [0.1, 0.15) is 12.8 Å². The second-order valence-electron chi connectivity index (χ2n) is 5.22. The van der Waals surface area contributed by atoms with Gasteiger partial charge in [-0.2, -0.15) is 0 Å². The smallest absolute Gasteiger partial charge is 0.261 e. The highest BCUT2D eigenvalue weighted by molar-refractivity contribution is 8.13. The number of ether oxygens (including phenoxy) is 1. The molecule has 0 unspecified atom stereocenters. The minimum atomic E-state index is -3.75. The molecule has 0 radical (unpaired) electrons. The van der Waals surface area contributed by atoms with Crippen LogP contribution in [0, 0.1) is 5.92 Å². The van der Waals surface area contributed by atoms with E-state index in [2.05, 4.69) is 0 Å². The van der Waals surface area contributed by atoms with Gasteiger partial charge in [-0.1, -0.05) is 30.3 Å². The summed E-state index contributed by atoms with van der Waals surface area (Å²) in [6, 6.07) is 14.3. The van der Waals surface area contributed by atoms with Gasteiger partial charge < -0.3 is 4.74 Å². The van der Waals surface area contributed by atoms with Crippen LogP contribution in [0.15, 0.2) is 53.4 Å². The van der Waals surface area contributed by atoms with Crippen molar-refractivity contribution in [3.63, 3.8) is 0 Å². The highest BCUT2D eigenvalue weighted by atomic mass is 35.7. The van der Waals surface area contributed by atoms with E-state index >= 15 is 0 Å². The Balaban J connectivity index is 2.02. The lowest BCUT2D eigenvalue weighted by molar-refractivity contribution is 0.301. The molecule has 2 aromatic carbocycles. The van der Waals surface area contributed by atoms with E-state index in [1.54, 1.807) is 12.1 Å². The van der Waals surface area contributed by atoms with Gasteiger partial charge in [0.2, 0.25) is 0 Å². The summed E-state index contributed by atoms with van der Waals surface area (Å²) in [5.74, 6) is 1.32. The van der Waals surface area contributed by atoms with Gasteiger partial charge in [0.1, 0.15) is 5.75 Å². The SMILES string of the molecule is O=S(=O)(Cl)c1ccc(OCC2CC2)c(-c2ccccc2)c1. The number of rotatable bonds is 5. The summed E-state index contributed by atoms with van der Waals surface area (Å²) in [4.78, 5) is 0.0850. The molecule has 0 amide bonds. The van der Waals surface area contributed by atoms with Crippen LogP contribution in [-0.2, 0) is 9.05 Å². The van der Waals surface area contributed by atoms with Crippen LogP contribution in [0.3, 0.4) is 0 Å². The third-order valence-electron chi connectivity index (χ3n) is 3.49. The van der Waals surface area contributed by atoms with E-state index < -0.39 is 9.05 Å². The normalized spacial score (nSPS) is 14.9. The second kappa shape index (κ2) is 5.70. The Bertz CT molecular complexity index is 737. The van der Waals surface area contributed by atoms with Gasteiger partial charge in [-0.25, -0.2) is 8.42 Å². The quantitative estimate of drug-likeness (QED) is 0.779. The fourth-order valence-corrected chi connectivity index (χ4v) is 2.90. The van der Waals surface area contributed by atoms with Gasteiger partial charge in [-0.15, -0.1) is 0 Å². The summed E-state index contributed by atoms with van der Waals surface area (Å²) in [5.41, 5.74) is 1.66. The van der Waals surface area contributed by atoms with E-state index in [-0.39, 0.29) is 4.90 Å². The third-order valence-corrected chi connectivity index (χ3v) is 4.84. The van der Waals surface area contributed by atoms with Crippen molar-refractivity contribution in [2.24, 2.45) is 5.92 Å². The van der Waals surface area contributed by atoms with Crippen molar-refractivity contribution in [2.45, 2.75) is 17.7 Å². The lowest BCUT2D eigenvalue weighted by atomic mass is 10.0. The molecular formula is C16H15ClO3S. The lowest BCUT2D eigenvalue weighted by Gasteiger charge is -2.12. The van der Waals surface area contributed by atoms with Gasteiger partial charge in [0.05, 0.1) is 11.5 Å². The summed E-state index contributed by atoms with van der Waals surface area (Å²) >= 11 is 0. The summed E-state index contributed by atoms with van der Waals surface area (Å²) in [7, 11) is 1.69. The molecule has 0 atom stereocenters. The molecule has 0 aliphatic heterocycles. The Morgan fingerprint density at radius 1 is 1.10 bits per heavy atom. The zero-order valence-electron chi connectivity index (χ0n) is 11.3. The number of hydrogen-bond acceptors (Lipinski definition) is 3. The molecule has 0 bridgehead atoms. The summed E-state index contributed by atoms with van der Waals surface area (Å²) in [6.45, 7) is 0.673. The summed E-state index contributed by atoms with van der Waals surface area (Å²) in [6.07, 6.45) is 2.41. The van der Waals surface area contributed by atoms with Gasteiger partial charge in [0.15, 0.2) is 0 Å². The first kappa shape index (κ1) is 14.4. The largest absolute Gasteiger partial charge is 0.493 e. The molecule has 1 aliphatic rings. The predicted octanol–water partition coefficient (Wildman–Crippen LogP) is 4.07. The number of halogens is 1. The van der Waals surface area contributed by atoms with Crippen LogP contribution in [0.2, 0.25) is 0 Å². The molecule has 0 saturated heterocycles. The van der Waals surface area contributed by atoms with Crippen LogP contribution in [0.4, 0.5) is 0 Å². The highest BCUT2D eigenvalue weighted by Gasteiger charge is 2.23. The molecule has 110 valence electrons. The van der Waals surface area contributed by atoms with Gasteiger partial charge in [-0.3, -0.25) is 0 Å². The average molecular weight is 323 g/mol. The average Bonchev–Trinajstić information content (AvgIpc) is 3.29. The Kier molecular flexibility index (Phi) is 3.91. The summed E-state index contributed by atoms with van der Waals surface area (Å²) < 4.78 is 28.9. The van der Waals surface area contributed by atoms with E-state index in [0.29, 0.717) is 18.3 Å². The maximum atomic E-state index is 11.5. The molecule has 0 N–H and O–H groups in total. The molecule has 5 heteroatoms. The molecular weight excluding hydrogens is 308 g/mol. The first-order valence-corrected chi connectivity index (χ1v) is 9.12. The lowest BCUT2D eigenvalue weighted by Crippen LogP contribution is -2.01. The van der Waals surface area contributed by atoms with Crippen molar-refractivity contribution < 1.29 is 13.2 Å². The van der Waals surface area contributed by atoms with Gasteiger partial charge in [-0.05, 0) is 42.5 Å². The Labute approximate surface area is 128 Å². The van der Waals surface area contributed by atoms with Crippen molar-refractivity contribution in [1.29, 1.82) is 0 Å². The van der Waals surface area contributed by atoms with Crippen molar-refractivity contribution in [3.8, 4) is 16.9 Å². The molecule has 1 saturated carbocycles. The highest BCUT2D eigenvalue weighted by Crippen LogP contribution is 2.35. The zero-order valence-corrected chi connectivity index (χ0v) is 12.9. The standard InChI is InChI=1S/C16H15ClO3S/c17-21(18,19)14-8-9-16(20-11-12-6-7-12)15(10-14)13-4-2-1-3-5-13/h1-5,8-10,12H,6-7,11H2. The Hall–Kier alpha value is -1.52. The van der Waals surface area contributed by atoms with Crippen molar-refractivity contribution in [3.05, 3.63) is 48.5 Å². The molecule has 0 aromatic heterocycles. The van der Waals surface area contributed by atoms with Crippen LogP contribution in [-0.4, -0.2) is 15.0 Å².